The van der Waals surface area contributed by atoms with E-state index in [-0.39, 0.29) is 57.7 Å². The van der Waals surface area contributed by atoms with Crippen molar-refractivity contribution in [3.63, 3.8) is 0 Å². The zero-order chi connectivity index (χ0) is 35.1. The minimum absolute atomic E-state index is 0.0928. The van der Waals surface area contributed by atoms with Crippen LogP contribution in [0.15, 0.2) is 170 Å². The summed E-state index contributed by atoms with van der Waals surface area (Å²) in [6.07, 6.45) is 0. The summed E-state index contributed by atoms with van der Waals surface area (Å²) in [7, 11) is 0. The molecule has 0 radical (unpaired) electrons. The summed E-state index contributed by atoms with van der Waals surface area (Å²) in [4.78, 5) is 0. The maximum atomic E-state index is 9.90. The van der Waals surface area contributed by atoms with E-state index in [2.05, 4.69) is 0 Å². The lowest BCUT2D eigenvalue weighted by Crippen LogP contribution is -2.01. The highest BCUT2D eigenvalue weighted by Gasteiger charge is 2.20. The molecule has 44 heavy (non-hydrogen) atoms. The lowest BCUT2D eigenvalue weighted by Gasteiger charge is -2.19. The maximum absolute atomic E-state index is 9.90. The molecule has 2 aromatic heterocycles. The predicted molar refractivity (Wildman–Crippen MR) is 186 cm³/mol. The molecule has 0 atom stereocenters. The molecule has 0 saturated carbocycles. The largest absolute Gasteiger partial charge is 0.309 e. The first-order valence-corrected chi connectivity index (χ1v) is 14.6. The molecule has 2 heteroatoms. The molecular weight excluding hydrogens is 532 g/mol. The Bertz CT molecular complexity index is 2760. The van der Waals surface area contributed by atoms with Gasteiger partial charge in [-0.1, -0.05) is 133 Å². The molecule has 206 valence electrons. The Hall–Kier alpha value is -5.86. The van der Waals surface area contributed by atoms with E-state index in [9.17, 15) is 6.85 Å². The van der Waals surface area contributed by atoms with Crippen molar-refractivity contribution < 1.29 is 9.60 Å². The Balaban J connectivity index is 1.54. The van der Waals surface area contributed by atoms with E-state index in [0.717, 1.165) is 44.1 Å². The van der Waals surface area contributed by atoms with Gasteiger partial charge in [-0.3, -0.25) is 0 Å². The minimum atomic E-state index is -0.425. The van der Waals surface area contributed by atoms with E-state index in [0.29, 0.717) is 5.69 Å². The zero-order valence-electron chi connectivity index (χ0n) is 30.5. The first-order valence-electron chi connectivity index (χ1n) is 18.1. The van der Waals surface area contributed by atoms with Gasteiger partial charge in [0.1, 0.15) is 0 Å². The van der Waals surface area contributed by atoms with E-state index in [1.165, 1.54) is 0 Å². The van der Waals surface area contributed by atoms with E-state index in [1.54, 1.807) is 4.57 Å². The molecular formula is C42H28N2. The third-order valence-electron chi connectivity index (χ3n) is 8.38. The fraction of sp³-hybridized carbons (Fsp3) is 0. The van der Waals surface area contributed by atoms with Gasteiger partial charge in [-0.2, -0.15) is 0 Å². The SMILES string of the molecule is [2H]c1c([2H])c([2H])c2c(c1[2H])c1c([2H])c(-n3c4ccccc4c4ccccc43)c([2H])c([2H])c1n2-c1c(-c2ccccc2)cccc1-c1ccccc1. The molecule has 0 fully saturated rings. The Kier molecular flexibility index (Phi) is 4.17. The molecule has 0 aliphatic rings. The van der Waals surface area contributed by atoms with Crippen LogP contribution >= 0.6 is 0 Å². The Morgan fingerprint density at radius 3 is 1.57 bits per heavy atom. The zero-order valence-corrected chi connectivity index (χ0v) is 23.5. The van der Waals surface area contributed by atoms with Gasteiger partial charge >= 0.3 is 0 Å². The summed E-state index contributed by atoms with van der Waals surface area (Å²) >= 11 is 0. The van der Waals surface area contributed by atoms with Crippen LogP contribution in [-0.2, 0) is 0 Å². The van der Waals surface area contributed by atoms with Crippen molar-refractivity contribution in [2.45, 2.75) is 0 Å². The van der Waals surface area contributed by atoms with Gasteiger partial charge in [0.15, 0.2) is 0 Å². The molecule has 0 N–H and O–H groups in total. The van der Waals surface area contributed by atoms with Crippen LogP contribution in [0.5, 0.6) is 0 Å². The number of hydrogen-bond donors (Lipinski definition) is 0. The van der Waals surface area contributed by atoms with Crippen LogP contribution in [-0.4, -0.2) is 9.13 Å². The van der Waals surface area contributed by atoms with Crippen LogP contribution in [0.2, 0.25) is 0 Å². The maximum Gasteiger partial charge on any atom is 0.0652 e. The number of hydrogen-bond acceptors (Lipinski definition) is 0. The van der Waals surface area contributed by atoms with Gasteiger partial charge in [0, 0.05) is 38.4 Å². The van der Waals surface area contributed by atoms with Gasteiger partial charge in [-0.25, -0.2) is 0 Å². The summed E-state index contributed by atoms with van der Waals surface area (Å²) in [6.45, 7) is 0. The predicted octanol–water partition coefficient (Wildman–Crippen LogP) is 11.2. The highest BCUT2D eigenvalue weighted by atomic mass is 15.0. The first-order chi connectivity index (χ1) is 24.8. The van der Waals surface area contributed by atoms with Crippen molar-refractivity contribution in [2.75, 3.05) is 0 Å². The van der Waals surface area contributed by atoms with Gasteiger partial charge < -0.3 is 9.13 Å². The number of fused-ring (bicyclic) bond motifs is 6. The third-order valence-corrected chi connectivity index (χ3v) is 8.38. The normalized spacial score (nSPS) is 13.9. The van der Waals surface area contributed by atoms with Crippen LogP contribution in [0, 0.1) is 0 Å². The summed E-state index contributed by atoms with van der Waals surface area (Å²) in [6, 6.07) is 39.0. The van der Waals surface area contributed by atoms with E-state index >= 15 is 0 Å². The molecule has 0 unspecified atom stereocenters. The molecule has 2 nitrogen and oxygen atoms in total. The quantitative estimate of drug-likeness (QED) is 0.200. The Morgan fingerprint density at radius 2 is 0.932 bits per heavy atom. The Morgan fingerprint density at radius 1 is 0.386 bits per heavy atom. The van der Waals surface area contributed by atoms with E-state index < -0.39 is 12.1 Å². The van der Waals surface area contributed by atoms with Crippen molar-refractivity contribution in [3.05, 3.63) is 170 Å². The summed E-state index contributed by atoms with van der Waals surface area (Å²) < 4.78 is 68.9. The number of nitrogens with zero attached hydrogens (tertiary/aromatic N) is 2. The highest BCUT2D eigenvalue weighted by Crippen LogP contribution is 2.42. The molecule has 0 aliphatic carbocycles. The lowest BCUT2D eigenvalue weighted by atomic mass is 9.95. The van der Waals surface area contributed by atoms with Crippen LogP contribution in [0.4, 0.5) is 0 Å². The fourth-order valence-electron chi connectivity index (χ4n) is 6.49. The molecule has 0 saturated heterocycles. The number of para-hydroxylation sites is 4. The minimum Gasteiger partial charge on any atom is -0.309 e. The second kappa shape index (κ2) is 9.86. The fourth-order valence-corrected chi connectivity index (χ4v) is 6.49. The second-order valence-electron chi connectivity index (χ2n) is 10.8. The van der Waals surface area contributed by atoms with Crippen LogP contribution in [0.25, 0.3) is 77.2 Å². The average Bonchev–Trinajstić information content (AvgIpc) is 3.70. The molecule has 0 aliphatic heterocycles. The second-order valence-corrected chi connectivity index (χ2v) is 10.8. The summed E-state index contributed by atoms with van der Waals surface area (Å²) in [5.41, 5.74) is 5.91. The van der Waals surface area contributed by atoms with Crippen molar-refractivity contribution in [2.24, 2.45) is 0 Å². The number of aromatic nitrogens is 2. The molecule has 9 rings (SSSR count). The molecule has 0 amide bonds. The highest BCUT2D eigenvalue weighted by molar-refractivity contribution is 6.13. The van der Waals surface area contributed by atoms with Crippen LogP contribution in [0.3, 0.4) is 0 Å². The van der Waals surface area contributed by atoms with Crippen LogP contribution < -0.4 is 0 Å². The number of benzene rings is 7. The van der Waals surface area contributed by atoms with Gasteiger partial charge in [0.25, 0.3) is 0 Å². The molecule has 9 aromatic rings. The number of rotatable bonds is 4. The lowest BCUT2D eigenvalue weighted by molar-refractivity contribution is 1.17. The first kappa shape index (κ1) is 18.6. The monoisotopic (exact) mass is 567 g/mol. The standard InChI is InChI=1S/C42H28N2/c1-3-14-29(15-4-1)32-21-13-22-33(30-16-5-2-6-17-30)42(32)44-40-25-12-9-20-36(40)37-28-31(26-27-41(37)44)43-38-23-10-7-18-34(38)35-19-8-11-24-39(35)43/h1-28H/i9D,12D,20D,25D,26D,27D,28D. The van der Waals surface area contributed by atoms with Crippen molar-refractivity contribution in [3.8, 4) is 33.6 Å². The van der Waals surface area contributed by atoms with E-state index in [1.807, 2.05) is 132 Å². The molecule has 0 bridgehead atoms. The van der Waals surface area contributed by atoms with Crippen molar-refractivity contribution in [1.29, 1.82) is 0 Å². The molecule has 7 aromatic carbocycles. The van der Waals surface area contributed by atoms with Crippen molar-refractivity contribution in [1.82, 2.24) is 9.13 Å². The van der Waals surface area contributed by atoms with E-state index in [4.69, 9.17) is 2.74 Å². The topological polar surface area (TPSA) is 9.86 Å². The third kappa shape index (κ3) is 3.68. The van der Waals surface area contributed by atoms with Gasteiger partial charge in [0.05, 0.1) is 37.3 Å². The van der Waals surface area contributed by atoms with Gasteiger partial charge in [0.2, 0.25) is 0 Å². The summed E-state index contributed by atoms with van der Waals surface area (Å²) in [5.74, 6) is 0. The Labute approximate surface area is 265 Å². The van der Waals surface area contributed by atoms with Crippen LogP contribution in [0.1, 0.15) is 9.60 Å². The average molecular weight is 568 g/mol. The van der Waals surface area contributed by atoms with Gasteiger partial charge in [-0.15, -0.1) is 0 Å². The van der Waals surface area contributed by atoms with Crippen molar-refractivity contribution >= 4 is 43.6 Å². The smallest absolute Gasteiger partial charge is 0.0652 e. The molecule has 2 heterocycles. The summed E-state index contributed by atoms with van der Waals surface area (Å²) in [5, 5.41) is 2.20. The van der Waals surface area contributed by atoms with Gasteiger partial charge in [-0.05, 0) is 47.4 Å². The molecule has 0 spiro atoms.